The van der Waals surface area contributed by atoms with Crippen molar-refractivity contribution in [3.8, 4) is 0 Å². The van der Waals surface area contributed by atoms with Gasteiger partial charge in [0.1, 0.15) is 0 Å². The summed E-state index contributed by atoms with van der Waals surface area (Å²) in [5.41, 5.74) is 1.41. The molecule has 74 valence electrons. The molecular weight excluding hydrogens is 172 g/mol. The van der Waals surface area contributed by atoms with Crippen molar-refractivity contribution in [2.45, 2.75) is 25.3 Å². The van der Waals surface area contributed by atoms with Gasteiger partial charge >= 0.3 is 0 Å². The topological polar surface area (TPSA) is 16.1 Å². The smallest absolute Gasteiger partial charge is 0.0366 e. The van der Waals surface area contributed by atoms with Gasteiger partial charge in [0, 0.05) is 18.4 Å². The lowest BCUT2D eigenvalue weighted by molar-refractivity contribution is 0.0489. The predicted molar refractivity (Wildman–Crippen MR) is 55.9 cm³/mol. The van der Waals surface area contributed by atoms with Crippen LogP contribution >= 0.6 is 0 Å². The normalized spacial score (nSPS) is 35.9. The molecule has 0 saturated carbocycles. The molecule has 0 unspecified atom stereocenters. The second-order valence-electron chi connectivity index (χ2n) is 4.52. The molecule has 2 bridgehead atoms. The van der Waals surface area contributed by atoms with E-state index in [0.29, 0.717) is 6.04 Å². The Balaban J connectivity index is 1.86. The fourth-order valence-electron chi connectivity index (χ4n) is 2.89. The average molecular weight is 188 g/mol. The van der Waals surface area contributed by atoms with Crippen molar-refractivity contribution in [1.82, 2.24) is 9.88 Å². The summed E-state index contributed by atoms with van der Waals surface area (Å²) in [6.07, 6.45) is 8.07. The van der Waals surface area contributed by atoms with Crippen molar-refractivity contribution in [3.63, 3.8) is 0 Å². The maximum absolute atomic E-state index is 4.22. The zero-order valence-corrected chi connectivity index (χ0v) is 8.39. The van der Waals surface area contributed by atoms with Gasteiger partial charge in [0.05, 0.1) is 0 Å². The standard InChI is InChI=1S/C12H16N2/c1-2-11(9-13-5-1)12-8-10-3-6-14(12)7-4-10/h1-2,5,9-10,12H,3-4,6-8H2/t12-/m1/s1. The highest BCUT2D eigenvalue weighted by molar-refractivity contribution is 5.16. The van der Waals surface area contributed by atoms with E-state index in [-0.39, 0.29) is 0 Å². The van der Waals surface area contributed by atoms with Gasteiger partial charge in [-0.1, -0.05) is 6.07 Å². The van der Waals surface area contributed by atoms with E-state index >= 15 is 0 Å². The molecule has 1 aromatic rings. The molecule has 2 nitrogen and oxygen atoms in total. The van der Waals surface area contributed by atoms with Gasteiger partial charge in [-0.3, -0.25) is 9.88 Å². The van der Waals surface area contributed by atoms with Crippen LogP contribution in [0, 0.1) is 5.92 Å². The van der Waals surface area contributed by atoms with Gasteiger partial charge in [0.25, 0.3) is 0 Å². The molecule has 0 N–H and O–H groups in total. The van der Waals surface area contributed by atoms with Crippen molar-refractivity contribution in [2.75, 3.05) is 13.1 Å². The summed E-state index contributed by atoms with van der Waals surface area (Å²) in [7, 11) is 0. The first-order valence-corrected chi connectivity index (χ1v) is 5.57. The lowest BCUT2D eigenvalue weighted by Gasteiger charge is -2.45. The van der Waals surface area contributed by atoms with Crippen LogP contribution in [-0.2, 0) is 0 Å². The Morgan fingerprint density at radius 3 is 2.71 bits per heavy atom. The maximum Gasteiger partial charge on any atom is 0.0366 e. The van der Waals surface area contributed by atoms with Gasteiger partial charge in [0.15, 0.2) is 0 Å². The number of hydrogen-bond acceptors (Lipinski definition) is 2. The third-order valence-electron chi connectivity index (χ3n) is 3.72. The van der Waals surface area contributed by atoms with Crippen LogP contribution in [0.15, 0.2) is 24.5 Å². The van der Waals surface area contributed by atoms with Crippen molar-refractivity contribution in [3.05, 3.63) is 30.1 Å². The fraction of sp³-hybridized carbons (Fsp3) is 0.583. The molecule has 3 aliphatic rings. The minimum absolute atomic E-state index is 0.663. The molecule has 14 heavy (non-hydrogen) atoms. The second kappa shape index (κ2) is 3.35. The van der Waals surface area contributed by atoms with Crippen LogP contribution in [0.3, 0.4) is 0 Å². The Bertz CT molecular complexity index is 301. The van der Waals surface area contributed by atoms with Crippen LogP contribution in [0.1, 0.15) is 30.9 Å². The van der Waals surface area contributed by atoms with Gasteiger partial charge in [-0.25, -0.2) is 0 Å². The SMILES string of the molecule is c1cncc([C@H]2CC3CCN2CC3)c1. The van der Waals surface area contributed by atoms with Crippen LogP contribution in [0.5, 0.6) is 0 Å². The molecular formula is C12H16N2. The number of fused-ring (bicyclic) bond motifs is 3. The number of aromatic nitrogens is 1. The minimum Gasteiger partial charge on any atom is -0.296 e. The first-order valence-electron chi connectivity index (χ1n) is 5.57. The number of hydrogen-bond donors (Lipinski definition) is 0. The van der Waals surface area contributed by atoms with E-state index in [4.69, 9.17) is 0 Å². The van der Waals surface area contributed by atoms with Gasteiger partial charge in [-0.15, -0.1) is 0 Å². The van der Waals surface area contributed by atoms with E-state index in [1.54, 1.807) is 0 Å². The predicted octanol–water partition coefficient (Wildman–Crippen LogP) is 2.24. The van der Waals surface area contributed by atoms with E-state index in [9.17, 15) is 0 Å². The monoisotopic (exact) mass is 188 g/mol. The number of pyridine rings is 1. The Morgan fingerprint density at radius 2 is 2.14 bits per heavy atom. The van der Waals surface area contributed by atoms with Crippen molar-refractivity contribution >= 4 is 0 Å². The molecule has 2 heteroatoms. The molecule has 3 fully saturated rings. The summed E-state index contributed by atoms with van der Waals surface area (Å²) in [4.78, 5) is 6.84. The number of rotatable bonds is 1. The lowest BCUT2D eigenvalue weighted by atomic mass is 9.81. The maximum atomic E-state index is 4.22. The second-order valence-corrected chi connectivity index (χ2v) is 4.52. The Morgan fingerprint density at radius 1 is 1.29 bits per heavy atom. The van der Waals surface area contributed by atoms with E-state index in [0.717, 1.165) is 5.92 Å². The first kappa shape index (κ1) is 8.42. The number of nitrogens with zero attached hydrogens (tertiary/aromatic N) is 2. The Hall–Kier alpha value is -0.890. The molecule has 4 rings (SSSR count). The van der Waals surface area contributed by atoms with Gasteiger partial charge in [-0.05, 0) is 49.9 Å². The van der Waals surface area contributed by atoms with Gasteiger partial charge in [-0.2, -0.15) is 0 Å². The first-order chi connectivity index (χ1) is 6.93. The summed E-state index contributed by atoms with van der Waals surface area (Å²) >= 11 is 0. The summed E-state index contributed by atoms with van der Waals surface area (Å²) in [5.74, 6) is 0.977. The van der Waals surface area contributed by atoms with Gasteiger partial charge in [0.2, 0.25) is 0 Å². The van der Waals surface area contributed by atoms with Crippen molar-refractivity contribution < 1.29 is 0 Å². The largest absolute Gasteiger partial charge is 0.296 e. The zero-order valence-electron chi connectivity index (χ0n) is 8.39. The Kier molecular flexibility index (Phi) is 2.02. The molecule has 0 spiro atoms. The van der Waals surface area contributed by atoms with Gasteiger partial charge < -0.3 is 0 Å². The highest BCUT2D eigenvalue weighted by Crippen LogP contribution is 2.39. The lowest BCUT2D eigenvalue weighted by Crippen LogP contribution is -2.43. The highest BCUT2D eigenvalue weighted by atomic mass is 15.2. The molecule has 0 aliphatic carbocycles. The molecule has 3 saturated heterocycles. The van der Waals surface area contributed by atoms with Crippen LogP contribution in [0.2, 0.25) is 0 Å². The van der Waals surface area contributed by atoms with Crippen LogP contribution in [0.25, 0.3) is 0 Å². The van der Waals surface area contributed by atoms with Crippen LogP contribution in [-0.4, -0.2) is 23.0 Å². The third kappa shape index (κ3) is 1.34. The third-order valence-corrected chi connectivity index (χ3v) is 3.72. The van der Waals surface area contributed by atoms with E-state index < -0.39 is 0 Å². The molecule has 0 amide bonds. The minimum atomic E-state index is 0.663. The molecule has 0 aromatic carbocycles. The van der Waals surface area contributed by atoms with E-state index in [1.807, 2.05) is 12.4 Å². The zero-order chi connectivity index (χ0) is 9.38. The van der Waals surface area contributed by atoms with E-state index in [1.165, 1.54) is 37.9 Å². The summed E-state index contributed by atoms with van der Waals surface area (Å²) in [6, 6.07) is 4.94. The molecule has 4 heterocycles. The average Bonchev–Trinajstić information content (AvgIpc) is 2.32. The molecule has 3 aliphatic heterocycles. The Labute approximate surface area is 85.0 Å². The molecule has 1 aromatic heterocycles. The molecule has 0 radical (unpaired) electrons. The van der Waals surface area contributed by atoms with Crippen LogP contribution < -0.4 is 0 Å². The summed E-state index contributed by atoms with van der Waals surface area (Å²) in [6.45, 7) is 2.59. The highest BCUT2D eigenvalue weighted by Gasteiger charge is 2.34. The summed E-state index contributed by atoms with van der Waals surface area (Å²) < 4.78 is 0. The number of piperidine rings is 3. The quantitative estimate of drug-likeness (QED) is 0.672. The van der Waals surface area contributed by atoms with Crippen molar-refractivity contribution in [2.24, 2.45) is 5.92 Å². The fourth-order valence-corrected chi connectivity index (χ4v) is 2.89. The van der Waals surface area contributed by atoms with Crippen LogP contribution in [0.4, 0.5) is 0 Å². The summed E-state index contributed by atoms with van der Waals surface area (Å²) in [5, 5.41) is 0. The molecule has 1 atom stereocenters. The van der Waals surface area contributed by atoms with E-state index in [2.05, 4.69) is 22.0 Å². The van der Waals surface area contributed by atoms with Crippen molar-refractivity contribution in [1.29, 1.82) is 0 Å².